The minimum atomic E-state index is -0.567. The van der Waals surface area contributed by atoms with Crippen LogP contribution in [0.25, 0.3) is 0 Å². The molecule has 1 aromatic heterocycles. The lowest BCUT2D eigenvalue weighted by Gasteiger charge is -2.35. The molecule has 0 spiro atoms. The van der Waals surface area contributed by atoms with Crippen LogP contribution in [0.3, 0.4) is 0 Å². The third-order valence-electron chi connectivity index (χ3n) is 7.10. The van der Waals surface area contributed by atoms with Crippen molar-refractivity contribution in [2.45, 2.75) is 51.0 Å². The lowest BCUT2D eigenvalue weighted by molar-refractivity contribution is -0.142. The first kappa shape index (κ1) is 22.7. The lowest BCUT2D eigenvalue weighted by atomic mass is 9.90. The monoisotopic (exact) mass is 468 g/mol. The second-order valence-electron chi connectivity index (χ2n) is 9.27. The Hall–Kier alpha value is -3.07. The van der Waals surface area contributed by atoms with E-state index in [-0.39, 0.29) is 29.0 Å². The van der Waals surface area contributed by atoms with E-state index in [1.54, 1.807) is 21.9 Å². The number of nitrogens with zero attached hydrogens (tertiary/aromatic N) is 3. The summed E-state index contributed by atoms with van der Waals surface area (Å²) in [6.45, 7) is 2.16. The van der Waals surface area contributed by atoms with Crippen LogP contribution in [0.5, 0.6) is 0 Å². The number of H-pyrrole nitrogens is 1. The highest BCUT2D eigenvalue weighted by Gasteiger charge is 2.32. The van der Waals surface area contributed by atoms with Gasteiger partial charge in [-0.2, -0.15) is 5.10 Å². The van der Waals surface area contributed by atoms with Crippen LogP contribution in [0.4, 0.5) is 4.39 Å². The van der Waals surface area contributed by atoms with Gasteiger partial charge in [-0.3, -0.25) is 14.4 Å². The summed E-state index contributed by atoms with van der Waals surface area (Å²) in [6, 6.07) is 4.56. The summed E-state index contributed by atoms with van der Waals surface area (Å²) in [5.74, 6) is -0.961. The van der Waals surface area contributed by atoms with Crippen LogP contribution >= 0.6 is 0 Å². The Morgan fingerprint density at radius 3 is 2.53 bits per heavy atom. The van der Waals surface area contributed by atoms with Crippen molar-refractivity contribution in [3.8, 4) is 0 Å². The molecule has 2 amide bonds. The number of aromatic nitrogens is 2. The zero-order valence-electron chi connectivity index (χ0n) is 19.1. The van der Waals surface area contributed by atoms with Crippen molar-refractivity contribution in [3.63, 3.8) is 0 Å². The molecule has 9 heteroatoms. The maximum atomic E-state index is 14.7. The predicted octanol–water partition coefficient (Wildman–Crippen LogP) is 1.84. The van der Waals surface area contributed by atoms with E-state index in [0.29, 0.717) is 39.2 Å². The fourth-order valence-electron chi connectivity index (χ4n) is 5.19. The van der Waals surface area contributed by atoms with Gasteiger partial charge in [-0.05, 0) is 61.8 Å². The highest BCUT2D eigenvalue weighted by molar-refractivity contribution is 5.95. The summed E-state index contributed by atoms with van der Waals surface area (Å²) >= 11 is 0. The van der Waals surface area contributed by atoms with Gasteiger partial charge in [0.05, 0.1) is 11.3 Å². The van der Waals surface area contributed by atoms with Gasteiger partial charge in [0.1, 0.15) is 11.9 Å². The number of fused-ring (bicyclic) bond motifs is 1. The smallest absolute Gasteiger partial charge is 0.267 e. The summed E-state index contributed by atoms with van der Waals surface area (Å²) in [5, 5.41) is 6.84. The Morgan fingerprint density at radius 2 is 1.79 bits per heavy atom. The average Bonchev–Trinajstić information content (AvgIpc) is 3.41. The minimum absolute atomic E-state index is 0.0190. The highest BCUT2D eigenvalue weighted by Crippen LogP contribution is 2.23. The standard InChI is InChI=1S/C25H29FN4O4/c26-20-8-7-16(15-21-17-4-1-2-5-18(17)23(31)28-27-21)14-19(20)24(32)29-9-11-30(12-10-29)25(33)22-6-3-13-34-22/h7-8,14,22H,1-6,9-13,15H2,(H,28,31). The van der Waals surface area contributed by atoms with Gasteiger partial charge in [-0.15, -0.1) is 0 Å². The molecule has 0 bridgehead atoms. The van der Waals surface area contributed by atoms with Crippen molar-refractivity contribution < 1.29 is 18.7 Å². The SMILES string of the molecule is O=C(c1cc(Cc2n[nH]c(=O)c3c2CCCC3)ccc1F)N1CCN(C(=O)C2CCCO2)CC1. The zero-order chi connectivity index (χ0) is 23.7. The van der Waals surface area contributed by atoms with Crippen molar-refractivity contribution in [3.05, 3.63) is 62.3 Å². The molecule has 2 aliphatic heterocycles. The Morgan fingerprint density at radius 1 is 1.06 bits per heavy atom. The minimum Gasteiger partial charge on any atom is -0.368 e. The van der Waals surface area contributed by atoms with E-state index < -0.39 is 5.82 Å². The first-order valence-electron chi connectivity index (χ1n) is 12.1. The van der Waals surface area contributed by atoms with Crippen molar-refractivity contribution in [1.29, 1.82) is 0 Å². The molecular formula is C25H29FN4O4. The number of nitrogens with one attached hydrogen (secondary N) is 1. The molecule has 34 heavy (non-hydrogen) atoms. The summed E-state index contributed by atoms with van der Waals surface area (Å²) in [7, 11) is 0. The quantitative estimate of drug-likeness (QED) is 0.739. The second-order valence-corrected chi connectivity index (χ2v) is 9.27. The second kappa shape index (κ2) is 9.66. The van der Waals surface area contributed by atoms with E-state index in [2.05, 4.69) is 10.2 Å². The molecule has 1 unspecified atom stereocenters. The zero-order valence-corrected chi connectivity index (χ0v) is 19.1. The molecular weight excluding hydrogens is 439 g/mol. The van der Waals surface area contributed by atoms with Crippen LogP contribution in [-0.2, 0) is 28.8 Å². The first-order chi connectivity index (χ1) is 16.5. The molecule has 3 aliphatic rings. The number of carbonyl (C=O) groups is 2. The maximum Gasteiger partial charge on any atom is 0.267 e. The Balaban J connectivity index is 1.28. The number of hydrogen-bond donors (Lipinski definition) is 1. The van der Waals surface area contributed by atoms with Gasteiger partial charge in [0.2, 0.25) is 0 Å². The van der Waals surface area contributed by atoms with E-state index in [9.17, 15) is 18.8 Å². The third-order valence-corrected chi connectivity index (χ3v) is 7.10. The van der Waals surface area contributed by atoms with Gasteiger partial charge < -0.3 is 14.5 Å². The van der Waals surface area contributed by atoms with E-state index in [1.807, 2.05) is 0 Å². The predicted molar refractivity (Wildman–Crippen MR) is 122 cm³/mol. The first-order valence-corrected chi connectivity index (χ1v) is 12.1. The van der Waals surface area contributed by atoms with E-state index in [4.69, 9.17) is 4.74 Å². The molecule has 1 atom stereocenters. The lowest BCUT2D eigenvalue weighted by Crippen LogP contribution is -2.52. The molecule has 2 saturated heterocycles. The molecule has 0 radical (unpaired) electrons. The van der Waals surface area contributed by atoms with Gasteiger partial charge >= 0.3 is 0 Å². The van der Waals surface area contributed by atoms with Crippen LogP contribution < -0.4 is 5.56 Å². The number of aromatic amines is 1. The molecule has 0 saturated carbocycles. The Labute approximate surface area is 197 Å². The summed E-state index contributed by atoms with van der Waals surface area (Å²) in [6.07, 6.45) is 5.23. The fourth-order valence-corrected chi connectivity index (χ4v) is 5.19. The topological polar surface area (TPSA) is 95.6 Å². The van der Waals surface area contributed by atoms with Crippen molar-refractivity contribution in [2.24, 2.45) is 0 Å². The largest absolute Gasteiger partial charge is 0.368 e. The van der Waals surface area contributed by atoms with Crippen LogP contribution in [0, 0.1) is 5.82 Å². The maximum absolute atomic E-state index is 14.7. The van der Waals surface area contributed by atoms with Crippen molar-refractivity contribution in [1.82, 2.24) is 20.0 Å². The van der Waals surface area contributed by atoms with Gasteiger partial charge in [0, 0.05) is 44.8 Å². The molecule has 3 heterocycles. The number of ether oxygens (including phenoxy) is 1. The number of hydrogen-bond acceptors (Lipinski definition) is 5. The normalized spacial score (nSPS) is 20.3. The number of halogens is 1. The Bertz CT molecular complexity index is 1150. The van der Waals surface area contributed by atoms with Gasteiger partial charge in [-0.25, -0.2) is 9.49 Å². The number of amides is 2. The average molecular weight is 469 g/mol. The van der Waals surface area contributed by atoms with E-state index in [0.717, 1.165) is 60.9 Å². The number of piperazine rings is 1. The molecule has 8 nitrogen and oxygen atoms in total. The highest BCUT2D eigenvalue weighted by atomic mass is 19.1. The Kier molecular flexibility index (Phi) is 6.45. The summed E-state index contributed by atoms with van der Waals surface area (Å²) in [5.41, 5.74) is 3.22. The van der Waals surface area contributed by atoms with Gasteiger partial charge in [0.25, 0.3) is 17.4 Å². The molecule has 2 aromatic rings. The molecule has 5 rings (SSSR count). The summed E-state index contributed by atoms with van der Waals surface area (Å²) < 4.78 is 20.1. The number of carbonyl (C=O) groups excluding carboxylic acids is 2. The fraction of sp³-hybridized carbons (Fsp3) is 0.520. The molecule has 1 N–H and O–H groups in total. The molecule has 1 aliphatic carbocycles. The van der Waals surface area contributed by atoms with Crippen molar-refractivity contribution in [2.75, 3.05) is 32.8 Å². The van der Waals surface area contributed by atoms with Crippen LogP contribution in [-0.4, -0.2) is 70.7 Å². The number of benzene rings is 1. The third kappa shape index (κ3) is 4.49. The van der Waals surface area contributed by atoms with Crippen LogP contribution in [0.2, 0.25) is 0 Å². The van der Waals surface area contributed by atoms with Gasteiger partial charge in [-0.1, -0.05) is 6.07 Å². The van der Waals surface area contributed by atoms with Crippen molar-refractivity contribution >= 4 is 11.8 Å². The van der Waals surface area contributed by atoms with E-state index in [1.165, 1.54) is 6.07 Å². The number of rotatable bonds is 4. The molecule has 1 aromatic carbocycles. The van der Waals surface area contributed by atoms with Crippen LogP contribution in [0.1, 0.15) is 58.4 Å². The van der Waals surface area contributed by atoms with Crippen LogP contribution in [0.15, 0.2) is 23.0 Å². The summed E-state index contributed by atoms with van der Waals surface area (Å²) in [4.78, 5) is 41.1. The molecule has 2 fully saturated rings. The van der Waals surface area contributed by atoms with E-state index >= 15 is 0 Å². The molecule has 180 valence electrons. The van der Waals surface area contributed by atoms with Gasteiger partial charge in [0.15, 0.2) is 0 Å².